The average molecular weight is 276 g/mol. The van der Waals surface area contributed by atoms with Crippen LogP contribution >= 0.6 is 11.8 Å². The molecule has 0 heterocycles. The number of carbonyl (C=O) groups excluding carboxylic acids is 1. The Kier molecular flexibility index (Phi) is 9.28. The fraction of sp³-hybridized carbons (Fsp3) is 0.923. The lowest BCUT2D eigenvalue weighted by atomic mass is 10.2. The summed E-state index contributed by atoms with van der Waals surface area (Å²) in [5, 5.41) is 6.13. The molecule has 0 aliphatic carbocycles. The molecule has 0 radical (unpaired) electrons. The molecule has 0 rings (SSSR count). The van der Waals surface area contributed by atoms with E-state index >= 15 is 0 Å². The van der Waals surface area contributed by atoms with Crippen molar-refractivity contribution in [3.63, 3.8) is 0 Å². The first kappa shape index (κ1) is 17.6. The number of ether oxygens (including phenoxy) is 1. The molecule has 0 aromatic heterocycles. The van der Waals surface area contributed by atoms with Crippen molar-refractivity contribution >= 4 is 17.9 Å². The van der Waals surface area contributed by atoms with Crippen molar-refractivity contribution in [1.82, 2.24) is 10.6 Å². The van der Waals surface area contributed by atoms with Gasteiger partial charge in [-0.3, -0.25) is 0 Å². The van der Waals surface area contributed by atoms with Crippen LogP contribution in [0.1, 0.15) is 34.1 Å². The van der Waals surface area contributed by atoms with Crippen LogP contribution in [-0.4, -0.2) is 43.3 Å². The number of carbonyl (C=O) groups is 1. The van der Waals surface area contributed by atoms with Crippen molar-refractivity contribution < 1.29 is 9.53 Å². The molecule has 0 fully saturated rings. The van der Waals surface area contributed by atoms with Gasteiger partial charge in [0.15, 0.2) is 0 Å². The number of thioether (sulfide) groups is 1. The molecule has 0 aliphatic rings. The standard InChI is InChI=1S/C13H28N2O2S/c1-11(10-18-5)9-14-7-6-8-15-12(16)17-13(2,3)4/h11,14H,6-10H2,1-5H3,(H,15,16). The average Bonchev–Trinajstić information content (AvgIpc) is 2.21. The first-order valence-electron chi connectivity index (χ1n) is 6.51. The SMILES string of the molecule is CSCC(C)CNCCCNC(=O)OC(C)(C)C. The fourth-order valence-electron chi connectivity index (χ4n) is 1.41. The minimum absolute atomic E-state index is 0.335. The topological polar surface area (TPSA) is 50.4 Å². The molecule has 18 heavy (non-hydrogen) atoms. The molecular formula is C13H28N2O2S. The highest BCUT2D eigenvalue weighted by Gasteiger charge is 2.15. The molecule has 0 aliphatic heterocycles. The third kappa shape index (κ3) is 12.0. The summed E-state index contributed by atoms with van der Waals surface area (Å²) >= 11 is 1.87. The maximum absolute atomic E-state index is 11.3. The fourth-order valence-corrected chi connectivity index (χ4v) is 2.10. The summed E-state index contributed by atoms with van der Waals surface area (Å²) in [5.74, 6) is 1.88. The maximum atomic E-state index is 11.3. The second-order valence-corrected chi connectivity index (χ2v) is 6.46. The van der Waals surface area contributed by atoms with Crippen LogP contribution in [0.25, 0.3) is 0 Å². The number of hydrogen-bond donors (Lipinski definition) is 2. The smallest absolute Gasteiger partial charge is 0.407 e. The molecule has 0 saturated heterocycles. The van der Waals surface area contributed by atoms with Crippen LogP contribution in [0.4, 0.5) is 4.79 Å². The molecule has 108 valence electrons. The van der Waals surface area contributed by atoms with Crippen LogP contribution in [0.5, 0.6) is 0 Å². The van der Waals surface area contributed by atoms with Gasteiger partial charge in [-0.25, -0.2) is 4.79 Å². The first-order valence-corrected chi connectivity index (χ1v) is 7.91. The molecule has 0 aromatic rings. The van der Waals surface area contributed by atoms with Crippen molar-refractivity contribution in [3.8, 4) is 0 Å². The Bertz CT molecular complexity index is 230. The van der Waals surface area contributed by atoms with E-state index in [2.05, 4.69) is 23.8 Å². The first-order chi connectivity index (χ1) is 8.35. The van der Waals surface area contributed by atoms with Crippen molar-refractivity contribution in [3.05, 3.63) is 0 Å². The van der Waals surface area contributed by atoms with Crippen LogP contribution in [-0.2, 0) is 4.74 Å². The molecule has 0 saturated carbocycles. The predicted octanol–water partition coefficient (Wildman–Crippen LogP) is 2.49. The van der Waals surface area contributed by atoms with Gasteiger partial charge in [-0.2, -0.15) is 11.8 Å². The Hall–Kier alpha value is -0.420. The summed E-state index contributed by atoms with van der Waals surface area (Å²) < 4.78 is 5.14. The van der Waals surface area contributed by atoms with Gasteiger partial charge in [0, 0.05) is 6.54 Å². The molecule has 1 amide bonds. The largest absolute Gasteiger partial charge is 0.444 e. The lowest BCUT2D eigenvalue weighted by Crippen LogP contribution is -2.34. The molecule has 0 bridgehead atoms. The van der Waals surface area contributed by atoms with Gasteiger partial charge in [-0.15, -0.1) is 0 Å². The number of amides is 1. The third-order valence-electron chi connectivity index (χ3n) is 2.14. The molecule has 2 N–H and O–H groups in total. The van der Waals surface area contributed by atoms with Crippen molar-refractivity contribution in [2.45, 2.75) is 39.7 Å². The molecular weight excluding hydrogens is 248 g/mol. The van der Waals surface area contributed by atoms with E-state index in [0.717, 1.165) is 19.5 Å². The summed E-state index contributed by atoms with van der Waals surface area (Å²) in [6.07, 6.45) is 2.71. The lowest BCUT2D eigenvalue weighted by Gasteiger charge is -2.19. The van der Waals surface area contributed by atoms with E-state index in [1.165, 1.54) is 5.75 Å². The summed E-state index contributed by atoms with van der Waals surface area (Å²) in [4.78, 5) is 11.3. The normalized spacial score (nSPS) is 13.2. The van der Waals surface area contributed by atoms with Crippen molar-refractivity contribution in [1.29, 1.82) is 0 Å². The van der Waals surface area contributed by atoms with E-state index in [1.807, 2.05) is 32.5 Å². The number of alkyl carbamates (subject to hydrolysis) is 1. The van der Waals surface area contributed by atoms with Crippen LogP contribution in [0, 0.1) is 5.92 Å². The summed E-state index contributed by atoms with van der Waals surface area (Å²) in [5.41, 5.74) is -0.421. The number of hydrogen-bond acceptors (Lipinski definition) is 4. The molecule has 0 aromatic carbocycles. The Morgan fingerprint density at radius 1 is 1.33 bits per heavy atom. The molecule has 0 spiro atoms. The maximum Gasteiger partial charge on any atom is 0.407 e. The summed E-state index contributed by atoms with van der Waals surface area (Å²) in [6.45, 7) is 10.4. The van der Waals surface area contributed by atoms with E-state index in [1.54, 1.807) is 0 Å². The quantitative estimate of drug-likeness (QED) is 0.669. The third-order valence-corrected chi connectivity index (χ3v) is 3.04. The zero-order chi connectivity index (χ0) is 14.0. The van der Waals surface area contributed by atoms with Crippen LogP contribution in [0.2, 0.25) is 0 Å². The van der Waals surface area contributed by atoms with E-state index in [4.69, 9.17) is 4.74 Å². The molecule has 5 heteroatoms. The van der Waals surface area contributed by atoms with Crippen LogP contribution in [0.15, 0.2) is 0 Å². The number of nitrogens with one attached hydrogen (secondary N) is 2. The van der Waals surface area contributed by atoms with E-state index in [-0.39, 0.29) is 6.09 Å². The Morgan fingerprint density at radius 3 is 2.56 bits per heavy atom. The van der Waals surface area contributed by atoms with E-state index in [0.29, 0.717) is 12.5 Å². The monoisotopic (exact) mass is 276 g/mol. The Labute approximate surface area is 116 Å². The van der Waals surface area contributed by atoms with Gasteiger partial charge >= 0.3 is 6.09 Å². The van der Waals surface area contributed by atoms with Gasteiger partial charge in [0.05, 0.1) is 0 Å². The second kappa shape index (κ2) is 9.50. The van der Waals surface area contributed by atoms with Gasteiger partial charge in [-0.05, 0) is 58.2 Å². The Morgan fingerprint density at radius 2 is 2.00 bits per heavy atom. The van der Waals surface area contributed by atoms with Crippen LogP contribution in [0.3, 0.4) is 0 Å². The van der Waals surface area contributed by atoms with Crippen LogP contribution < -0.4 is 10.6 Å². The van der Waals surface area contributed by atoms with E-state index < -0.39 is 5.60 Å². The Balaban J connectivity index is 3.38. The molecule has 1 atom stereocenters. The van der Waals surface area contributed by atoms with Gasteiger partial charge in [0.2, 0.25) is 0 Å². The van der Waals surface area contributed by atoms with Crippen molar-refractivity contribution in [2.75, 3.05) is 31.6 Å². The second-order valence-electron chi connectivity index (χ2n) is 5.55. The van der Waals surface area contributed by atoms with E-state index in [9.17, 15) is 4.79 Å². The minimum atomic E-state index is -0.421. The van der Waals surface area contributed by atoms with Gasteiger partial charge < -0.3 is 15.4 Å². The van der Waals surface area contributed by atoms with Gasteiger partial charge in [0.1, 0.15) is 5.60 Å². The predicted molar refractivity (Wildman–Crippen MR) is 79.3 cm³/mol. The summed E-state index contributed by atoms with van der Waals surface area (Å²) in [7, 11) is 0. The van der Waals surface area contributed by atoms with Gasteiger partial charge in [-0.1, -0.05) is 6.92 Å². The molecule has 1 unspecified atom stereocenters. The number of rotatable bonds is 8. The van der Waals surface area contributed by atoms with Gasteiger partial charge in [0.25, 0.3) is 0 Å². The zero-order valence-corrected chi connectivity index (χ0v) is 13.2. The highest BCUT2D eigenvalue weighted by Crippen LogP contribution is 2.06. The highest BCUT2D eigenvalue weighted by atomic mass is 32.2. The minimum Gasteiger partial charge on any atom is -0.444 e. The lowest BCUT2D eigenvalue weighted by molar-refractivity contribution is 0.0527. The molecule has 4 nitrogen and oxygen atoms in total. The van der Waals surface area contributed by atoms with Crippen molar-refractivity contribution in [2.24, 2.45) is 5.92 Å². The highest BCUT2D eigenvalue weighted by molar-refractivity contribution is 7.98. The zero-order valence-electron chi connectivity index (χ0n) is 12.3. The summed E-state index contributed by atoms with van der Waals surface area (Å²) in [6, 6.07) is 0.